The Bertz CT molecular complexity index is 507. The first-order chi connectivity index (χ1) is 9.60. The summed E-state index contributed by atoms with van der Waals surface area (Å²) in [7, 11) is 1.69. The van der Waals surface area contributed by atoms with Crippen LogP contribution in [0.4, 0.5) is 18.9 Å². The summed E-state index contributed by atoms with van der Waals surface area (Å²) < 4.78 is 40.4. The largest absolute Gasteiger partial charge is 0.573 e. The SMILES string of the molecule is CC(C)N(C)C(=O)CNc1ccc(OC(F)(F)F)c(Br)c1. The normalized spacial score (nSPS) is 11.4. The number of carbonyl (C=O) groups is 1. The molecule has 0 saturated carbocycles. The molecule has 1 rings (SSSR count). The highest BCUT2D eigenvalue weighted by Gasteiger charge is 2.31. The van der Waals surface area contributed by atoms with Crippen molar-refractivity contribution < 1.29 is 22.7 Å². The van der Waals surface area contributed by atoms with E-state index in [-0.39, 0.29) is 28.7 Å². The maximum atomic E-state index is 12.1. The first-order valence-corrected chi connectivity index (χ1v) is 6.94. The minimum atomic E-state index is -4.74. The molecule has 1 amide bonds. The molecule has 0 fully saturated rings. The number of hydrogen-bond acceptors (Lipinski definition) is 3. The average molecular weight is 369 g/mol. The topological polar surface area (TPSA) is 41.6 Å². The van der Waals surface area contributed by atoms with Gasteiger partial charge in [0.15, 0.2) is 0 Å². The summed E-state index contributed by atoms with van der Waals surface area (Å²) in [5.41, 5.74) is 0.516. The number of alkyl halides is 3. The summed E-state index contributed by atoms with van der Waals surface area (Å²) in [6.07, 6.45) is -4.74. The summed E-state index contributed by atoms with van der Waals surface area (Å²) >= 11 is 3.00. The standard InChI is InChI=1S/C13H16BrF3N2O2/c1-8(2)19(3)12(20)7-18-9-4-5-11(10(14)6-9)21-13(15,16)17/h4-6,8,18H,7H2,1-3H3. The number of hydrogen-bond donors (Lipinski definition) is 1. The fourth-order valence-corrected chi connectivity index (χ4v) is 1.87. The average Bonchev–Trinajstić information content (AvgIpc) is 2.36. The van der Waals surface area contributed by atoms with Crippen molar-refractivity contribution in [1.82, 2.24) is 4.90 Å². The minimum Gasteiger partial charge on any atom is -0.405 e. The fourth-order valence-electron chi connectivity index (χ4n) is 1.41. The van der Waals surface area contributed by atoms with Crippen LogP contribution in [-0.2, 0) is 4.79 Å². The van der Waals surface area contributed by atoms with Crippen LogP contribution in [0.2, 0.25) is 0 Å². The zero-order valence-electron chi connectivity index (χ0n) is 11.8. The number of carbonyl (C=O) groups excluding carboxylic acids is 1. The van der Waals surface area contributed by atoms with Gasteiger partial charge in [0.1, 0.15) is 5.75 Å². The lowest BCUT2D eigenvalue weighted by Crippen LogP contribution is -2.37. The Labute approximate surface area is 129 Å². The van der Waals surface area contributed by atoms with Crippen LogP contribution in [-0.4, -0.2) is 36.8 Å². The van der Waals surface area contributed by atoms with Gasteiger partial charge in [0, 0.05) is 18.8 Å². The van der Waals surface area contributed by atoms with E-state index < -0.39 is 6.36 Å². The van der Waals surface area contributed by atoms with Crippen LogP contribution in [0.5, 0.6) is 5.75 Å². The van der Waals surface area contributed by atoms with Crippen molar-refractivity contribution in [2.24, 2.45) is 0 Å². The molecule has 4 nitrogen and oxygen atoms in total. The molecule has 0 bridgehead atoms. The van der Waals surface area contributed by atoms with Crippen molar-refractivity contribution in [3.8, 4) is 5.75 Å². The Morgan fingerprint density at radius 3 is 2.52 bits per heavy atom. The molecule has 118 valence electrons. The lowest BCUT2D eigenvalue weighted by molar-refractivity contribution is -0.274. The van der Waals surface area contributed by atoms with E-state index in [0.29, 0.717) is 5.69 Å². The molecule has 0 aliphatic heterocycles. The van der Waals surface area contributed by atoms with Gasteiger partial charge >= 0.3 is 6.36 Å². The van der Waals surface area contributed by atoms with Crippen LogP contribution in [0.1, 0.15) is 13.8 Å². The molecule has 0 unspecified atom stereocenters. The molecule has 1 N–H and O–H groups in total. The Morgan fingerprint density at radius 1 is 1.43 bits per heavy atom. The van der Waals surface area contributed by atoms with Crippen LogP contribution in [0.25, 0.3) is 0 Å². The first kappa shape index (κ1) is 17.6. The predicted molar refractivity (Wildman–Crippen MR) is 77.2 cm³/mol. The van der Waals surface area contributed by atoms with Crippen LogP contribution in [0.3, 0.4) is 0 Å². The molecular weight excluding hydrogens is 353 g/mol. The van der Waals surface area contributed by atoms with E-state index >= 15 is 0 Å². The summed E-state index contributed by atoms with van der Waals surface area (Å²) in [4.78, 5) is 13.3. The van der Waals surface area contributed by atoms with Gasteiger partial charge < -0.3 is 15.0 Å². The highest BCUT2D eigenvalue weighted by atomic mass is 79.9. The number of benzene rings is 1. The van der Waals surface area contributed by atoms with E-state index in [1.54, 1.807) is 11.9 Å². The van der Waals surface area contributed by atoms with Crippen molar-refractivity contribution in [2.75, 3.05) is 18.9 Å². The van der Waals surface area contributed by atoms with Gasteiger partial charge in [-0.1, -0.05) is 0 Å². The van der Waals surface area contributed by atoms with E-state index in [1.807, 2.05) is 13.8 Å². The maximum absolute atomic E-state index is 12.1. The van der Waals surface area contributed by atoms with Crippen molar-refractivity contribution in [3.63, 3.8) is 0 Å². The Balaban J connectivity index is 2.66. The molecule has 0 aliphatic carbocycles. The van der Waals surface area contributed by atoms with Gasteiger partial charge in [-0.25, -0.2) is 0 Å². The Morgan fingerprint density at radius 2 is 2.05 bits per heavy atom. The van der Waals surface area contributed by atoms with Crippen LogP contribution in [0.15, 0.2) is 22.7 Å². The molecule has 1 aromatic rings. The molecule has 0 aliphatic rings. The van der Waals surface area contributed by atoms with Crippen molar-refractivity contribution in [3.05, 3.63) is 22.7 Å². The zero-order valence-corrected chi connectivity index (χ0v) is 13.4. The van der Waals surface area contributed by atoms with E-state index in [0.717, 1.165) is 0 Å². The van der Waals surface area contributed by atoms with Gasteiger partial charge in [0.25, 0.3) is 0 Å². The van der Waals surface area contributed by atoms with Gasteiger partial charge in [-0.3, -0.25) is 4.79 Å². The second-order valence-electron chi connectivity index (χ2n) is 4.64. The van der Waals surface area contributed by atoms with Crippen LogP contribution >= 0.6 is 15.9 Å². The number of nitrogens with zero attached hydrogens (tertiary/aromatic N) is 1. The van der Waals surface area contributed by atoms with Gasteiger partial charge in [0.2, 0.25) is 5.91 Å². The molecule has 0 heterocycles. The van der Waals surface area contributed by atoms with E-state index in [4.69, 9.17) is 0 Å². The maximum Gasteiger partial charge on any atom is 0.573 e. The van der Waals surface area contributed by atoms with E-state index in [2.05, 4.69) is 26.0 Å². The molecule has 1 aromatic carbocycles. The third-order valence-electron chi connectivity index (χ3n) is 2.77. The van der Waals surface area contributed by atoms with Crippen molar-refractivity contribution in [1.29, 1.82) is 0 Å². The molecule has 0 spiro atoms. The summed E-state index contributed by atoms with van der Waals surface area (Å²) in [6, 6.07) is 4.09. The quantitative estimate of drug-likeness (QED) is 0.862. The Hall–Kier alpha value is -1.44. The number of amides is 1. The summed E-state index contributed by atoms with van der Waals surface area (Å²) in [5, 5.41) is 2.85. The minimum absolute atomic E-state index is 0.0561. The smallest absolute Gasteiger partial charge is 0.405 e. The molecule has 0 aromatic heterocycles. The summed E-state index contributed by atoms with van der Waals surface area (Å²) in [5.74, 6) is -0.449. The third-order valence-corrected chi connectivity index (χ3v) is 3.39. The number of nitrogens with one attached hydrogen (secondary N) is 1. The number of likely N-dealkylation sites (N-methyl/N-ethyl adjacent to an activating group) is 1. The second kappa shape index (κ2) is 7.02. The lowest BCUT2D eigenvalue weighted by Gasteiger charge is -2.22. The van der Waals surface area contributed by atoms with Gasteiger partial charge in [0.05, 0.1) is 11.0 Å². The molecule has 8 heteroatoms. The molecular formula is C13H16BrF3N2O2. The lowest BCUT2D eigenvalue weighted by atomic mass is 10.3. The van der Waals surface area contributed by atoms with Crippen LogP contribution in [0, 0.1) is 0 Å². The number of halogens is 4. The number of rotatable bonds is 5. The predicted octanol–water partition coefficient (Wildman–Crippen LogP) is 3.63. The van der Waals surface area contributed by atoms with Crippen molar-refractivity contribution in [2.45, 2.75) is 26.3 Å². The highest BCUT2D eigenvalue weighted by molar-refractivity contribution is 9.10. The van der Waals surface area contributed by atoms with Crippen LogP contribution < -0.4 is 10.1 Å². The molecule has 0 saturated heterocycles. The summed E-state index contributed by atoms with van der Waals surface area (Å²) in [6.45, 7) is 3.83. The van der Waals surface area contributed by atoms with Crippen molar-refractivity contribution >= 4 is 27.5 Å². The van der Waals surface area contributed by atoms with Gasteiger partial charge in [-0.05, 0) is 48.0 Å². The fraction of sp³-hybridized carbons (Fsp3) is 0.462. The van der Waals surface area contributed by atoms with E-state index in [9.17, 15) is 18.0 Å². The highest BCUT2D eigenvalue weighted by Crippen LogP contribution is 2.32. The molecule has 0 radical (unpaired) electrons. The number of anilines is 1. The molecule has 21 heavy (non-hydrogen) atoms. The first-order valence-electron chi connectivity index (χ1n) is 6.15. The zero-order chi connectivity index (χ0) is 16.2. The Kier molecular flexibility index (Phi) is 5.88. The van der Waals surface area contributed by atoms with E-state index in [1.165, 1.54) is 18.2 Å². The second-order valence-corrected chi connectivity index (χ2v) is 5.50. The van der Waals surface area contributed by atoms with Gasteiger partial charge in [-0.15, -0.1) is 13.2 Å². The van der Waals surface area contributed by atoms with Gasteiger partial charge in [-0.2, -0.15) is 0 Å². The number of ether oxygens (including phenoxy) is 1. The monoisotopic (exact) mass is 368 g/mol. The third kappa shape index (κ3) is 5.82. The molecule has 0 atom stereocenters.